The molecule has 4 rings (SSSR count). The molecule has 0 atom stereocenters. The molecular weight excluding hydrogens is 528 g/mol. The van der Waals surface area contributed by atoms with E-state index in [1.54, 1.807) is 16.6 Å². The number of unbranched alkanes of at least 4 members (excludes halogenated alkanes) is 1. The van der Waals surface area contributed by atoms with E-state index in [9.17, 15) is 14.9 Å². The van der Waals surface area contributed by atoms with Gasteiger partial charge in [0.05, 0.1) is 12.0 Å². The zero-order valence-electron chi connectivity index (χ0n) is 23.0. The van der Waals surface area contributed by atoms with Gasteiger partial charge < -0.3 is 9.64 Å². The summed E-state index contributed by atoms with van der Waals surface area (Å²) in [5.74, 6) is 1.49. The van der Waals surface area contributed by atoms with Crippen LogP contribution in [-0.2, 0) is 17.8 Å². The van der Waals surface area contributed by atoms with Crippen LogP contribution in [0.15, 0.2) is 34.0 Å². The van der Waals surface area contributed by atoms with Crippen LogP contribution in [0.3, 0.4) is 0 Å². The van der Waals surface area contributed by atoms with Gasteiger partial charge in [-0.05, 0) is 61.9 Å². The highest BCUT2D eigenvalue weighted by molar-refractivity contribution is 8.26. The van der Waals surface area contributed by atoms with Gasteiger partial charge in [-0.15, -0.1) is 0 Å². The Kier molecular flexibility index (Phi) is 9.87. The first-order valence-corrected chi connectivity index (χ1v) is 14.9. The molecule has 3 heterocycles. The summed E-state index contributed by atoms with van der Waals surface area (Å²) in [6, 6.07) is 9.95. The van der Waals surface area contributed by atoms with Gasteiger partial charge in [0, 0.05) is 31.7 Å². The van der Waals surface area contributed by atoms with Crippen molar-refractivity contribution >= 4 is 46.1 Å². The molecule has 0 unspecified atom stereocenters. The Balaban J connectivity index is 1.72. The van der Waals surface area contributed by atoms with Crippen LogP contribution in [0.1, 0.15) is 67.7 Å². The van der Waals surface area contributed by atoms with E-state index in [0.717, 1.165) is 74.3 Å². The molecule has 2 aliphatic heterocycles. The summed E-state index contributed by atoms with van der Waals surface area (Å²) in [4.78, 5) is 31.5. The number of rotatable bonds is 9. The minimum Gasteiger partial charge on any atom is -0.497 e. The molecule has 9 heteroatoms. The molecule has 206 valence electrons. The number of thiocarbonyl (C=S) groups is 1. The Labute approximate surface area is 240 Å². The number of nitrogens with zero attached hydrogens (tertiary/aromatic N) is 4. The minimum absolute atomic E-state index is 0.135. The Hall–Kier alpha value is -3.09. The van der Waals surface area contributed by atoms with Gasteiger partial charge in [-0.3, -0.25) is 19.1 Å². The van der Waals surface area contributed by atoms with Crippen LogP contribution in [0.25, 0.3) is 6.08 Å². The molecule has 0 N–H and O–H groups in total. The van der Waals surface area contributed by atoms with Gasteiger partial charge in [-0.2, -0.15) is 5.26 Å². The number of pyridine rings is 1. The number of aromatic nitrogens is 1. The fourth-order valence-electron chi connectivity index (χ4n) is 5.15. The van der Waals surface area contributed by atoms with E-state index in [1.165, 1.54) is 11.8 Å². The van der Waals surface area contributed by atoms with E-state index in [4.69, 9.17) is 17.0 Å². The largest absolute Gasteiger partial charge is 0.497 e. The van der Waals surface area contributed by atoms with Crippen molar-refractivity contribution in [1.29, 1.82) is 5.26 Å². The number of benzene rings is 1. The maximum Gasteiger partial charge on any atom is 0.270 e. The summed E-state index contributed by atoms with van der Waals surface area (Å²) < 4.78 is 7.53. The van der Waals surface area contributed by atoms with Gasteiger partial charge in [-0.25, -0.2) is 0 Å². The molecule has 2 fully saturated rings. The lowest BCUT2D eigenvalue weighted by molar-refractivity contribution is -0.122. The second kappa shape index (κ2) is 13.3. The van der Waals surface area contributed by atoms with E-state index in [0.29, 0.717) is 34.3 Å². The second-order valence-electron chi connectivity index (χ2n) is 9.99. The molecule has 2 aliphatic rings. The second-order valence-corrected chi connectivity index (χ2v) is 11.7. The van der Waals surface area contributed by atoms with E-state index in [2.05, 4.69) is 17.9 Å². The van der Waals surface area contributed by atoms with Crippen LogP contribution in [0.2, 0.25) is 0 Å². The Morgan fingerprint density at radius 3 is 2.41 bits per heavy atom. The lowest BCUT2D eigenvalue weighted by Gasteiger charge is -2.29. The van der Waals surface area contributed by atoms with Gasteiger partial charge in [0.1, 0.15) is 27.5 Å². The van der Waals surface area contributed by atoms with E-state index in [-0.39, 0.29) is 17.0 Å². The highest BCUT2D eigenvalue weighted by atomic mass is 32.2. The van der Waals surface area contributed by atoms with Crippen molar-refractivity contribution < 1.29 is 9.53 Å². The third-order valence-electron chi connectivity index (χ3n) is 7.42. The lowest BCUT2D eigenvalue weighted by Crippen LogP contribution is -2.35. The summed E-state index contributed by atoms with van der Waals surface area (Å²) in [5, 5.41) is 9.92. The maximum absolute atomic E-state index is 13.6. The summed E-state index contributed by atoms with van der Waals surface area (Å²) in [5.41, 5.74) is 2.39. The molecule has 7 nitrogen and oxygen atoms in total. The highest BCUT2D eigenvalue weighted by Gasteiger charge is 2.33. The predicted molar refractivity (Wildman–Crippen MR) is 162 cm³/mol. The molecule has 0 aliphatic carbocycles. The third kappa shape index (κ3) is 6.39. The molecule has 1 aromatic carbocycles. The maximum atomic E-state index is 13.6. The first-order chi connectivity index (χ1) is 18.9. The van der Waals surface area contributed by atoms with Gasteiger partial charge in [0.2, 0.25) is 0 Å². The fraction of sp³-hybridized carbons (Fsp3) is 0.467. The van der Waals surface area contributed by atoms with Gasteiger partial charge in [0.15, 0.2) is 0 Å². The number of thioether (sulfide) groups is 1. The fourth-order valence-corrected chi connectivity index (χ4v) is 6.44. The normalized spacial score (nSPS) is 17.0. The molecule has 1 aromatic heterocycles. The molecule has 39 heavy (non-hydrogen) atoms. The van der Waals surface area contributed by atoms with Crippen molar-refractivity contribution in [2.24, 2.45) is 0 Å². The minimum atomic E-state index is -0.244. The molecule has 0 saturated carbocycles. The van der Waals surface area contributed by atoms with Crippen molar-refractivity contribution in [1.82, 2.24) is 9.47 Å². The van der Waals surface area contributed by atoms with Gasteiger partial charge in [0.25, 0.3) is 11.5 Å². The average molecular weight is 565 g/mol. The monoisotopic (exact) mass is 564 g/mol. The third-order valence-corrected chi connectivity index (χ3v) is 8.80. The SMILES string of the molecule is CCCCn1c(N2CCCCCC2)c(C=C2SC(=S)N(CCc3ccc(OC)cc3)C2=O)c(C)c(C#N)c1=O. The van der Waals surface area contributed by atoms with Crippen molar-refractivity contribution in [2.45, 2.75) is 65.3 Å². The predicted octanol–water partition coefficient (Wildman–Crippen LogP) is 5.66. The Morgan fingerprint density at radius 1 is 1.10 bits per heavy atom. The van der Waals surface area contributed by atoms with Crippen LogP contribution >= 0.6 is 24.0 Å². The lowest BCUT2D eigenvalue weighted by atomic mass is 10.0. The van der Waals surface area contributed by atoms with Crippen LogP contribution in [0.4, 0.5) is 5.82 Å². The molecule has 0 bridgehead atoms. The summed E-state index contributed by atoms with van der Waals surface area (Å²) >= 11 is 6.90. The van der Waals surface area contributed by atoms with Crippen molar-refractivity contribution in [3.05, 3.63) is 61.8 Å². The van der Waals surface area contributed by atoms with Crippen LogP contribution in [-0.4, -0.2) is 46.4 Å². The van der Waals surface area contributed by atoms with Crippen molar-refractivity contribution in [3.8, 4) is 11.8 Å². The Morgan fingerprint density at radius 2 is 1.79 bits per heavy atom. The summed E-state index contributed by atoms with van der Waals surface area (Å²) in [6.07, 6.45) is 8.72. The number of hydrogen-bond acceptors (Lipinski definition) is 7. The van der Waals surface area contributed by atoms with Gasteiger partial charge in [-0.1, -0.05) is 62.3 Å². The van der Waals surface area contributed by atoms with Gasteiger partial charge >= 0.3 is 0 Å². The average Bonchev–Trinajstić information content (AvgIpc) is 3.10. The highest BCUT2D eigenvalue weighted by Crippen LogP contribution is 2.36. The van der Waals surface area contributed by atoms with E-state index >= 15 is 0 Å². The number of methoxy groups -OCH3 is 1. The number of amides is 1. The molecule has 2 saturated heterocycles. The first-order valence-electron chi connectivity index (χ1n) is 13.7. The van der Waals surface area contributed by atoms with Crippen LogP contribution in [0, 0.1) is 18.3 Å². The first kappa shape index (κ1) is 28.9. The number of anilines is 1. The molecule has 1 amide bonds. The molecular formula is C30H36N4O3S2. The number of carbonyl (C=O) groups is 1. The zero-order chi connectivity index (χ0) is 27.9. The smallest absolute Gasteiger partial charge is 0.270 e. The van der Waals surface area contributed by atoms with Crippen molar-refractivity contribution in [3.63, 3.8) is 0 Å². The summed E-state index contributed by atoms with van der Waals surface area (Å²) in [7, 11) is 1.64. The number of hydrogen-bond donors (Lipinski definition) is 0. The molecule has 2 aromatic rings. The number of carbonyl (C=O) groups excluding carboxylic acids is 1. The van der Waals surface area contributed by atoms with Crippen molar-refractivity contribution in [2.75, 3.05) is 31.6 Å². The topological polar surface area (TPSA) is 78.6 Å². The number of ether oxygens (including phenoxy) is 1. The standard InChI is InChI=1S/C30H36N4O3S2/c1-4-5-17-33-27(32-15-8-6-7-9-16-32)24(21(2)25(20-31)28(33)35)19-26-29(36)34(30(38)39-26)18-14-22-10-12-23(37-3)13-11-22/h10-13,19H,4-9,14-18H2,1-3H3. The van der Waals surface area contributed by atoms with Crippen LogP contribution in [0.5, 0.6) is 5.75 Å². The van der Waals surface area contributed by atoms with E-state index < -0.39 is 0 Å². The number of nitriles is 1. The molecule has 0 radical (unpaired) electrons. The quantitative estimate of drug-likeness (QED) is 0.287. The zero-order valence-corrected chi connectivity index (χ0v) is 24.6. The van der Waals surface area contributed by atoms with E-state index in [1.807, 2.05) is 37.3 Å². The Bertz CT molecular complexity index is 1350. The molecule has 0 spiro atoms. The van der Waals surface area contributed by atoms with Crippen LogP contribution < -0.4 is 15.2 Å². The summed E-state index contributed by atoms with van der Waals surface area (Å²) in [6.45, 7) is 6.63.